The van der Waals surface area contributed by atoms with Crippen LogP contribution in [-0.2, 0) is 4.74 Å². The van der Waals surface area contributed by atoms with Crippen LogP contribution in [0.1, 0.15) is 27.2 Å². The molecule has 0 aliphatic carbocycles. The second-order valence-electron chi connectivity index (χ2n) is 4.06. The second-order valence-corrected chi connectivity index (χ2v) is 4.06. The van der Waals surface area contributed by atoms with E-state index < -0.39 is 0 Å². The summed E-state index contributed by atoms with van der Waals surface area (Å²) in [6.07, 6.45) is 1.05. The molecule has 0 fully saturated rings. The maximum absolute atomic E-state index is 5.59. The molecule has 0 spiro atoms. The quantitative estimate of drug-likeness (QED) is 0.660. The van der Waals surface area contributed by atoms with Gasteiger partial charge >= 0.3 is 0 Å². The lowest BCUT2D eigenvalue weighted by atomic mass is 10.2. The lowest BCUT2D eigenvalue weighted by Gasteiger charge is -2.14. The topological polar surface area (TPSA) is 39.7 Å². The van der Waals surface area contributed by atoms with E-state index in [1.807, 2.05) is 32.0 Å². The van der Waals surface area contributed by atoms with Crippen LogP contribution in [0.15, 0.2) is 18.2 Å². The van der Waals surface area contributed by atoms with Crippen LogP contribution in [0.4, 0.5) is 5.69 Å². The standard InChI is InChI=1S/C15H25NO3/c1-4-10-17-11-9-16-14-12-13(18-5-2)7-8-15(14)19-6-3/h7-8,12,16H,4-6,9-11H2,1-3H3. The molecule has 1 aromatic rings. The molecule has 0 radical (unpaired) electrons. The van der Waals surface area contributed by atoms with Gasteiger partial charge in [-0.05, 0) is 32.4 Å². The van der Waals surface area contributed by atoms with Crippen molar-refractivity contribution in [2.24, 2.45) is 0 Å². The Bertz CT molecular complexity index is 355. The van der Waals surface area contributed by atoms with Gasteiger partial charge < -0.3 is 19.5 Å². The fraction of sp³-hybridized carbons (Fsp3) is 0.600. The van der Waals surface area contributed by atoms with Gasteiger partial charge in [-0.15, -0.1) is 0 Å². The first-order valence-corrected chi connectivity index (χ1v) is 7.03. The van der Waals surface area contributed by atoms with Crippen molar-refractivity contribution >= 4 is 5.69 Å². The molecule has 0 unspecified atom stereocenters. The zero-order valence-electron chi connectivity index (χ0n) is 12.2. The van der Waals surface area contributed by atoms with Gasteiger partial charge in [0, 0.05) is 19.2 Å². The highest BCUT2D eigenvalue weighted by molar-refractivity contribution is 5.59. The Hall–Kier alpha value is -1.42. The summed E-state index contributed by atoms with van der Waals surface area (Å²) in [6, 6.07) is 5.82. The molecule has 0 aliphatic rings. The Kier molecular flexibility index (Phi) is 7.82. The molecule has 4 heteroatoms. The van der Waals surface area contributed by atoms with E-state index in [9.17, 15) is 0 Å². The number of hydrogen-bond acceptors (Lipinski definition) is 4. The molecule has 0 aliphatic heterocycles. The summed E-state index contributed by atoms with van der Waals surface area (Å²) in [7, 11) is 0. The third-order valence-corrected chi connectivity index (χ3v) is 2.47. The van der Waals surface area contributed by atoms with E-state index in [4.69, 9.17) is 14.2 Å². The van der Waals surface area contributed by atoms with Crippen LogP contribution in [0, 0.1) is 0 Å². The zero-order valence-corrected chi connectivity index (χ0v) is 12.2. The second kappa shape index (κ2) is 9.50. The molecule has 19 heavy (non-hydrogen) atoms. The van der Waals surface area contributed by atoms with Crippen molar-refractivity contribution in [2.45, 2.75) is 27.2 Å². The Morgan fingerprint density at radius 3 is 2.47 bits per heavy atom. The van der Waals surface area contributed by atoms with Crippen LogP contribution in [0.5, 0.6) is 11.5 Å². The number of nitrogens with one attached hydrogen (secondary N) is 1. The summed E-state index contributed by atoms with van der Waals surface area (Å²) in [5, 5.41) is 3.33. The number of hydrogen-bond donors (Lipinski definition) is 1. The first-order chi connectivity index (χ1) is 9.31. The summed E-state index contributed by atoms with van der Waals surface area (Å²) < 4.78 is 16.5. The molecular formula is C15H25NO3. The Balaban J connectivity index is 2.57. The number of anilines is 1. The summed E-state index contributed by atoms with van der Waals surface area (Å²) >= 11 is 0. The van der Waals surface area contributed by atoms with Gasteiger partial charge in [-0.25, -0.2) is 0 Å². The normalized spacial score (nSPS) is 10.3. The molecule has 108 valence electrons. The largest absolute Gasteiger partial charge is 0.494 e. The van der Waals surface area contributed by atoms with Crippen molar-refractivity contribution < 1.29 is 14.2 Å². The molecule has 0 bridgehead atoms. The molecule has 0 atom stereocenters. The van der Waals surface area contributed by atoms with Gasteiger partial charge in [0.15, 0.2) is 0 Å². The first-order valence-electron chi connectivity index (χ1n) is 7.03. The monoisotopic (exact) mass is 267 g/mol. The smallest absolute Gasteiger partial charge is 0.142 e. The van der Waals surface area contributed by atoms with Gasteiger partial charge in [0.2, 0.25) is 0 Å². The maximum Gasteiger partial charge on any atom is 0.142 e. The predicted octanol–water partition coefficient (Wildman–Crippen LogP) is 3.32. The summed E-state index contributed by atoms with van der Waals surface area (Å²) in [6.45, 7) is 9.62. The van der Waals surface area contributed by atoms with Crippen molar-refractivity contribution in [1.29, 1.82) is 0 Å². The van der Waals surface area contributed by atoms with E-state index in [-0.39, 0.29) is 0 Å². The SMILES string of the molecule is CCCOCCNc1cc(OCC)ccc1OCC. The van der Waals surface area contributed by atoms with Gasteiger partial charge in [-0.1, -0.05) is 6.92 Å². The van der Waals surface area contributed by atoms with Gasteiger partial charge in [-0.2, -0.15) is 0 Å². The molecule has 0 amide bonds. The molecule has 0 saturated heterocycles. The molecule has 0 heterocycles. The lowest BCUT2D eigenvalue weighted by molar-refractivity contribution is 0.144. The third kappa shape index (κ3) is 5.83. The highest BCUT2D eigenvalue weighted by Crippen LogP contribution is 2.29. The van der Waals surface area contributed by atoms with Gasteiger partial charge in [0.1, 0.15) is 11.5 Å². The highest BCUT2D eigenvalue weighted by Gasteiger charge is 2.05. The van der Waals surface area contributed by atoms with Crippen molar-refractivity contribution in [3.05, 3.63) is 18.2 Å². The van der Waals surface area contributed by atoms with E-state index >= 15 is 0 Å². The average Bonchev–Trinajstić information content (AvgIpc) is 2.42. The van der Waals surface area contributed by atoms with Gasteiger partial charge in [0.05, 0.1) is 25.5 Å². The highest BCUT2D eigenvalue weighted by atomic mass is 16.5. The summed E-state index contributed by atoms with van der Waals surface area (Å²) in [5.74, 6) is 1.70. The molecule has 4 nitrogen and oxygen atoms in total. The Morgan fingerprint density at radius 1 is 1.00 bits per heavy atom. The molecule has 1 N–H and O–H groups in total. The van der Waals surface area contributed by atoms with E-state index in [0.29, 0.717) is 19.8 Å². The number of benzene rings is 1. The first kappa shape index (κ1) is 15.6. The van der Waals surface area contributed by atoms with Crippen LogP contribution in [0.3, 0.4) is 0 Å². The molecule has 1 aromatic carbocycles. The van der Waals surface area contributed by atoms with Crippen LogP contribution >= 0.6 is 0 Å². The number of ether oxygens (including phenoxy) is 3. The van der Waals surface area contributed by atoms with E-state index in [2.05, 4.69) is 12.2 Å². The van der Waals surface area contributed by atoms with Crippen LogP contribution in [-0.4, -0.2) is 33.0 Å². The lowest BCUT2D eigenvalue weighted by Crippen LogP contribution is -2.11. The molecule has 0 saturated carbocycles. The minimum Gasteiger partial charge on any atom is -0.494 e. The summed E-state index contributed by atoms with van der Waals surface area (Å²) in [5.41, 5.74) is 0.952. The summed E-state index contributed by atoms with van der Waals surface area (Å²) in [4.78, 5) is 0. The van der Waals surface area contributed by atoms with Crippen LogP contribution in [0.25, 0.3) is 0 Å². The Labute approximate surface area is 116 Å². The average molecular weight is 267 g/mol. The molecular weight excluding hydrogens is 242 g/mol. The van der Waals surface area contributed by atoms with E-state index in [1.165, 1.54) is 0 Å². The maximum atomic E-state index is 5.59. The predicted molar refractivity (Wildman–Crippen MR) is 78.4 cm³/mol. The van der Waals surface area contributed by atoms with Gasteiger partial charge in [0.25, 0.3) is 0 Å². The van der Waals surface area contributed by atoms with E-state index in [0.717, 1.165) is 36.8 Å². The fourth-order valence-corrected chi connectivity index (χ4v) is 1.69. The minimum absolute atomic E-state index is 0.648. The number of rotatable bonds is 10. The van der Waals surface area contributed by atoms with Crippen LogP contribution in [0.2, 0.25) is 0 Å². The van der Waals surface area contributed by atoms with Crippen molar-refractivity contribution in [3.63, 3.8) is 0 Å². The zero-order chi connectivity index (χ0) is 13.9. The fourth-order valence-electron chi connectivity index (χ4n) is 1.69. The minimum atomic E-state index is 0.648. The van der Waals surface area contributed by atoms with Crippen molar-refractivity contribution in [1.82, 2.24) is 0 Å². The van der Waals surface area contributed by atoms with Crippen molar-refractivity contribution in [3.8, 4) is 11.5 Å². The molecule has 1 rings (SSSR count). The third-order valence-electron chi connectivity index (χ3n) is 2.47. The van der Waals surface area contributed by atoms with Crippen LogP contribution < -0.4 is 14.8 Å². The van der Waals surface area contributed by atoms with E-state index in [1.54, 1.807) is 0 Å². The molecule has 0 aromatic heterocycles. The van der Waals surface area contributed by atoms with Gasteiger partial charge in [-0.3, -0.25) is 0 Å². The van der Waals surface area contributed by atoms with Crippen molar-refractivity contribution in [2.75, 3.05) is 38.3 Å². The Morgan fingerprint density at radius 2 is 1.79 bits per heavy atom.